The number of nitrogens with two attached hydrogens (primary N) is 1. The van der Waals surface area contributed by atoms with Crippen LogP contribution in [-0.4, -0.2) is 150 Å². The number of rotatable bonds is 13. The summed E-state index contributed by atoms with van der Waals surface area (Å²) in [6.07, 6.45) is 1.85. The molecule has 312 valence electrons. The Hall–Kier alpha value is -3.50. The van der Waals surface area contributed by atoms with Crippen LogP contribution in [0.15, 0.2) is 0 Å². The van der Waals surface area contributed by atoms with Gasteiger partial charge in [0.15, 0.2) is 5.60 Å². The predicted octanol–water partition coefficient (Wildman–Crippen LogP) is -2.27. The summed E-state index contributed by atoms with van der Waals surface area (Å²) in [6, 6.07) is -5.13. The van der Waals surface area contributed by atoms with Crippen molar-refractivity contribution in [2.24, 2.45) is 17.6 Å². The Balaban J connectivity index is 1.49. The highest BCUT2D eigenvalue weighted by atomic mass is 16.6. The third kappa shape index (κ3) is 9.55. The van der Waals surface area contributed by atoms with Crippen molar-refractivity contribution in [1.82, 2.24) is 41.7 Å². The van der Waals surface area contributed by atoms with Crippen molar-refractivity contribution in [3.8, 4) is 0 Å². The molecule has 0 spiro atoms. The van der Waals surface area contributed by atoms with Crippen LogP contribution in [0.2, 0.25) is 0 Å². The molecule has 0 aromatic rings. The molecule has 4 fully saturated rings. The molecule has 4 rings (SSSR count). The number of hydrogen-bond donors (Lipinski definition) is 9. The van der Waals surface area contributed by atoms with E-state index in [1.807, 2.05) is 13.8 Å². The van der Waals surface area contributed by atoms with E-state index in [9.17, 15) is 49.3 Å². The summed E-state index contributed by atoms with van der Waals surface area (Å²) in [5.41, 5.74) is 11.5. The fourth-order valence-corrected chi connectivity index (χ4v) is 7.78. The summed E-state index contributed by atoms with van der Waals surface area (Å²) in [5.74, 6) is -8.15. The molecule has 9 atom stereocenters. The van der Waals surface area contributed by atoms with Gasteiger partial charge in [0, 0.05) is 26.1 Å². The van der Waals surface area contributed by atoms with Gasteiger partial charge in [-0.15, -0.1) is 0 Å². The fourth-order valence-electron chi connectivity index (χ4n) is 7.78. The van der Waals surface area contributed by atoms with Gasteiger partial charge in [-0.2, -0.15) is 0 Å². The first kappa shape index (κ1) is 44.2. The first-order valence-corrected chi connectivity index (χ1v) is 19.5. The molecule has 4 aliphatic heterocycles. The molecule has 6 amide bonds. The van der Waals surface area contributed by atoms with Crippen molar-refractivity contribution >= 4 is 35.4 Å². The molecule has 4 saturated heterocycles. The molecule has 10 N–H and O–H groups in total. The Bertz CT molecular complexity index is 1420. The van der Waals surface area contributed by atoms with E-state index >= 15 is 0 Å². The Labute approximate surface area is 321 Å². The molecule has 20 nitrogen and oxygen atoms in total. The van der Waals surface area contributed by atoms with Crippen LogP contribution in [0.1, 0.15) is 98.8 Å². The normalized spacial score (nSPS) is 29.9. The van der Waals surface area contributed by atoms with E-state index in [1.165, 1.54) is 0 Å². The van der Waals surface area contributed by atoms with Crippen LogP contribution in [0, 0.1) is 11.8 Å². The van der Waals surface area contributed by atoms with Gasteiger partial charge in [-0.25, -0.2) is 21.3 Å². The lowest BCUT2D eigenvalue weighted by molar-refractivity contribution is -0.328. The fraction of sp³-hybridized carbons (Fsp3) is 0.829. The van der Waals surface area contributed by atoms with Gasteiger partial charge < -0.3 is 31.1 Å². The van der Waals surface area contributed by atoms with E-state index in [0.717, 1.165) is 28.4 Å². The molecule has 0 aromatic heterocycles. The number of ether oxygens (including phenoxy) is 1. The Morgan fingerprint density at radius 1 is 0.909 bits per heavy atom. The second kappa shape index (κ2) is 18.6. The van der Waals surface area contributed by atoms with Crippen molar-refractivity contribution in [1.29, 1.82) is 0 Å². The number of hydrogen-bond acceptors (Lipinski definition) is 14. The van der Waals surface area contributed by atoms with Crippen molar-refractivity contribution in [3.05, 3.63) is 0 Å². The average molecular weight is 784 g/mol. The standard InChI is InChI=1S/C35H61N9O11/c1-6-21-14-15-35(53,55-25(21)7-2)34(5,52)33(51)40-27(28(46)20(3)4)32(50)44-23(12-9-18-39-44)30(48)41(54)19-26(45)42-24(13-10-16-37-42)31(49)43-22(29(36)47)11-8-17-38-43/h20-25,27-28,37-39,46,52-54H,6-19H2,1-5H3,(H2,36,47)(H,40,51)/t21-,22-,23+,24+,25+,27-,28-,34+,35+/m0/s1. The van der Waals surface area contributed by atoms with Crippen LogP contribution >= 0.6 is 0 Å². The highest BCUT2D eigenvalue weighted by molar-refractivity contribution is 5.96. The number of aliphatic hydroxyl groups is 3. The van der Waals surface area contributed by atoms with E-state index < -0.39 is 95.7 Å². The quantitative estimate of drug-likeness (QED) is 0.0704. The number of amides is 6. The molecule has 0 aliphatic carbocycles. The number of nitrogens with one attached hydrogen (secondary N) is 4. The molecule has 20 heteroatoms. The summed E-state index contributed by atoms with van der Waals surface area (Å²) < 4.78 is 5.91. The molecule has 0 aromatic carbocycles. The van der Waals surface area contributed by atoms with E-state index in [1.54, 1.807) is 13.8 Å². The Morgan fingerprint density at radius 3 is 2.04 bits per heavy atom. The lowest BCUT2D eigenvalue weighted by atomic mass is 9.80. The Morgan fingerprint density at radius 2 is 1.47 bits per heavy atom. The lowest BCUT2D eigenvalue weighted by Crippen LogP contribution is -2.70. The van der Waals surface area contributed by atoms with Crippen LogP contribution in [0.3, 0.4) is 0 Å². The van der Waals surface area contributed by atoms with Crippen molar-refractivity contribution in [2.75, 3.05) is 26.2 Å². The number of aliphatic hydroxyl groups excluding tert-OH is 1. The minimum atomic E-state index is -2.56. The molecule has 0 bridgehead atoms. The van der Waals surface area contributed by atoms with E-state index in [0.29, 0.717) is 51.6 Å². The number of primary amides is 1. The molecule has 0 radical (unpaired) electrons. The Kier molecular flexibility index (Phi) is 15.0. The molecular weight excluding hydrogens is 722 g/mol. The van der Waals surface area contributed by atoms with Crippen LogP contribution in [0.4, 0.5) is 0 Å². The minimum Gasteiger partial charge on any atom is -0.390 e. The largest absolute Gasteiger partial charge is 0.390 e. The zero-order valence-corrected chi connectivity index (χ0v) is 32.5. The maximum absolute atomic E-state index is 14.2. The zero-order valence-electron chi connectivity index (χ0n) is 32.5. The molecule has 4 heterocycles. The second-order valence-electron chi connectivity index (χ2n) is 15.5. The first-order chi connectivity index (χ1) is 25.9. The molecular formula is C35H61N9O11. The monoisotopic (exact) mass is 783 g/mol. The maximum atomic E-state index is 14.2. The van der Waals surface area contributed by atoms with Crippen LogP contribution in [-0.2, 0) is 33.5 Å². The predicted molar refractivity (Wildman–Crippen MR) is 193 cm³/mol. The first-order valence-electron chi connectivity index (χ1n) is 19.5. The van der Waals surface area contributed by atoms with E-state index in [2.05, 4.69) is 21.6 Å². The number of hydroxylamine groups is 2. The molecule has 4 aliphatic rings. The van der Waals surface area contributed by atoms with Crippen molar-refractivity contribution in [3.63, 3.8) is 0 Å². The van der Waals surface area contributed by atoms with E-state index in [4.69, 9.17) is 10.5 Å². The number of hydrazine groups is 3. The number of carbonyl (C=O) groups excluding carboxylic acids is 6. The van der Waals surface area contributed by atoms with Gasteiger partial charge in [0.2, 0.25) is 11.7 Å². The summed E-state index contributed by atoms with van der Waals surface area (Å²) in [4.78, 5) is 80.9. The summed E-state index contributed by atoms with van der Waals surface area (Å²) in [5, 5.41) is 50.7. The van der Waals surface area contributed by atoms with Crippen LogP contribution < -0.4 is 27.3 Å². The average Bonchev–Trinajstić information content (AvgIpc) is 3.18. The van der Waals surface area contributed by atoms with Gasteiger partial charge in [-0.05, 0) is 70.1 Å². The second-order valence-corrected chi connectivity index (χ2v) is 15.5. The highest BCUT2D eigenvalue weighted by Gasteiger charge is 2.57. The van der Waals surface area contributed by atoms with Gasteiger partial charge in [0.25, 0.3) is 29.5 Å². The summed E-state index contributed by atoms with van der Waals surface area (Å²) >= 11 is 0. The van der Waals surface area contributed by atoms with Crippen LogP contribution in [0.5, 0.6) is 0 Å². The smallest absolute Gasteiger partial charge is 0.270 e. The SMILES string of the molecule is CC[C@H]1CC[C@](O)([C@](C)(O)C(=O)N[C@H](C(=O)N2NCCC[C@@H]2C(=O)N(O)CC(=O)N2NCCC[C@@H]2C(=O)N2NCCC[C@H]2C(N)=O)[C@@H](O)C(C)C)O[C@@H]1CC. The molecule has 55 heavy (non-hydrogen) atoms. The highest BCUT2D eigenvalue weighted by Crippen LogP contribution is 2.40. The van der Waals surface area contributed by atoms with Gasteiger partial charge in [0.05, 0.1) is 12.2 Å². The summed E-state index contributed by atoms with van der Waals surface area (Å²) in [7, 11) is 0. The molecule has 0 saturated carbocycles. The third-order valence-corrected chi connectivity index (χ3v) is 11.4. The number of nitrogens with zero attached hydrogens (tertiary/aromatic N) is 4. The van der Waals surface area contributed by atoms with Crippen molar-refractivity contribution < 1.29 is 54.0 Å². The summed E-state index contributed by atoms with van der Waals surface area (Å²) in [6.45, 7) is 8.15. The third-order valence-electron chi connectivity index (χ3n) is 11.4. The maximum Gasteiger partial charge on any atom is 0.270 e. The minimum absolute atomic E-state index is 0.0295. The van der Waals surface area contributed by atoms with Gasteiger partial charge in [-0.3, -0.25) is 49.0 Å². The topological polar surface area (TPSA) is 280 Å². The molecule has 0 unspecified atom stereocenters. The van der Waals surface area contributed by atoms with Crippen LogP contribution in [0.25, 0.3) is 0 Å². The van der Waals surface area contributed by atoms with Crippen molar-refractivity contribution in [2.45, 2.75) is 147 Å². The lowest BCUT2D eigenvalue weighted by Gasteiger charge is -2.47. The van der Waals surface area contributed by atoms with E-state index in [-0.39, 0.29) is 36.8 Å². The van der Waals surface area contributed by atoms with Gasteiger partial charge in [0.1, 0.15) is 30.7 Å². The van der Waals surface area contributed by atoms with Gasteiger partial charge >= 0.3 is 0 Å². The van der Waals surface area contributed by atoms with Gasteiger partial charge in [-0.1, -0.05) is 34.1 Å². The zero-order chi connectivity index (χ0) is 40.8. The number of carbonyl (C=O) groups is 6.